The van der Waals surface area contributed by atoms with E-state index in [4.69, 9.17) is 14.2 Å². The Balaban J connectivity index is 1.55. The van der Waals surface area contributed by atoms with E-state index in [1.807, 2.05) is 0 Å². The van der Waals surface area contributed by atoms with Crippen LogP contribution in [0.5, 0.6) is 0 Å². The summed E-state index contributed by atoms with van der Waals surface area (Å²) in [4.78, 5) is 0. The van der Waals surface area contributed by atoms with E-state index in [0.29, 0.717) is 17.6 Å². The van der Waals surface area contributed by atoms with Crippen molar-refractivity contribution in [2.45, 2.75) is 83.7 Å². The lowest BCUT2D eigenvalue weighted by atomic mass is 9.77. The lowest BCUT2D eigenvalue weighted by Crippen LogP contribution is -2.45. The fraction of sp³-hybridized carbons (Fsp3) is 1.00. The van der Waals surface area contributed by atoms with Gasteiger partial charge in [0.15, 0.2) is 5.79 Å². The highest BCUT2D eigenvalue weighted by Crippen LogP contribution is 2.45. The Hall–Kier alpha value is -0.120. The topological polar surface area (TPSA) is 31.0 Å². The van der Waals surface area contributed by atoms with Crippen molar-refractivity contribution >= 4 is 0 Å². The van der Waals surface area contributed by atoms with E-state index in [-0.39, 0.29) is 5.79 Å². The third-order valence-corrected chi connectivity index (χ3v) is 5.35. The fourth-order valence-corrected chi connectivity index (χ4v) is 4.14. The number of rotatable bonds is 5. The highest BCUT2D eigenvalue weighted by Gasteiger charge is 2.46. The van der Waals surface area contributed by atoms with Crippen LogP contribution in [0.25, 0.3) is 0 Å². The minimum Gasteiger partial charge on any atom is -0.370 e. The van der Waals surface area contributed by atoms with E-state index in [0.717, 1.165) is 38.4 Å². The van der Waals surface area contributed by atoms with E-state index in [9.17, 15) is 0 Å². The Bertz CT molecular complexity index is 337. The molecule has 20 heavy (non-hydrogen) atoms. The zero-order valence-corrected chi connectivity index (χ0v) is 13.3. The number of hydrogen-bond acceptors (Lipinski definition) is 3. The van der Waals surface area contributed by atoms with Gasteiger partial charge in [0.05, 0.1) is 18.8 Å². The van der Waals surface area contributed by atoms with E-state index < -0.39 is 0 Å². The van der Waals surface area contributed by atoms with Crippen molar-refractivity contribution in [1.82, 2.24) is 0 Å². The van der Waals surface area contributed by atoms with E-state index in [2.05, 4.69) is 20.8 Å². The van der Waals surface area contributed by atoms with Gasteiger partial charge in [0, 0.05) is 19.4 Å². The predicted octanol–water partition coefficient (Wildman–Crippen LogP) is 3.90. The standard InChI is InChI=1S/C17H30O3/c1-4-18-17(12-16(2,3)9-10-19-17)8-7-13-5-6-14-15(11-13)20-14/h13-15H,4-12H2,1-3H3. The summed E-state index contributed by atoms with van der Waals surface area (Å²) in [6, 6.07) is 0. The van der Waals surface area contributed by atoms with Crippen molar-refractivity contribution in [1.29, 1.82) is 0 Å². The molecule has 3 aliphatic rings. The molecule has 3 rings (SSSR count). The second-order valence-corrected chi connectivity index (χ2v) is 7.71. The van der Waals surface area contributed by atoms with Gasteiger partial charge in [-0.25, -0.2) is 0 Å². The zero-order valence-electron chi connectivity index (χ0n) is 13.3. The van der Waals surface area contributed by atoms with Crippen LogP contribution < -0.4 is 0 Å². The molecule has 0 aromatic heterocycles. The van der Waals surface area contributed by atoms with Gasteiger partial charge in [-0.1, -0.05) is 13.8 Å². The Morgan fingerprint density at radius 1 is 1.20 bits per heavy atom. The van der Waals surface area contributed by atoms with Gasteiger partial charge in [0.1, 0.15) is 0 Å². The third-order valence-electron chi connectivity index (χ3n) is 5.35. The van der Waals surface area contributed by atoms with Crippen molar-refractivity contribution in [2.75, 3.05) is 13.2 Å². The summed E-state index contributed by atoms with van der Waals surface area (Å²) < 4.78 is 17.8. The summed E-state index contributed by atoms with van der Waals surface area (Å²) in [7, 11) is 0. The summed E-state index contributed by atoms with van der Waals surface area (Å²) in [6.45, 7) is 8.34. The number of hydrogen-bond donors (Lipinski definition) is 0. The molecule has 4 atom stereocenters. The molecule has 1 aliphatic carbocycles. The molecular formula is C17H30O3. The molecule has 0 radical (unpaired) electrons. The molecule has 0 aromatic rings. The largest absolute Gasteiger partial charge is 0.370 e. The molecule has 2 heterocycles. The number of fused-ring (bicyclic) bond motifs is 1. The van der Waals surface area contributed by atoms with Gasteiger partial charge in [0.25, 0.3) is 0 Å². The molecule has 0 aromatic carbocycles. The molecule has 2 saturated heterocycles. The summed E-state index contributed by atoms with van der Waals surface area (Å²) in [6.07, 6.45) is 9.49. The van der Waals surface area contributed by atoms with Crippen LogP contribution in [0, 0.1) is 11.3 Å². The van der Waals surface area contributed by atoms with Crippen LogP contribution >= 0.6 is 0 Å². The Labute approximate surface area is 123 Å². The lowest BCUT2D eigenvalue weighted by Gasteiger charge is -2.45. The maximum absolute atomic E-state index is 6.12. The van der Waals surface area contributed by atoms with Gasteiger partial charge in [0.2, 0.25) is 0 Å². The Morgan fingerprint density at radius 3 is 2.75 bits per heavy atom. The lowest BCUT2D eigenvalue weighted by molar-refractivity contribution is -0.278. The molecule has 0 N–H and O–H groups in total. The third kappa shape index (κ3) is 3.37. The van der Waals surface area contributed by atoms with Gasteiger partial charge in [-0.3, -0.25) is 0 Å². The van der Waals surface area contributed by atoms with Crippen molar-refractivity contribution in [2.24, 2.45) is 11.3 Å². The van der Waals surface area contributed by atoms with Crippen molar-refractivity contribution in [3.05, 3.63) is 0 Å². The monoisotopic (exact) mass is 282 g/mol. The van der Waals surface area contributed by atoms with Gasteiger partial charge in [-0.15, -0.1) is 0 Å². The predicted molar refractivity (Wildman–Crippen MR) is 78.6 cm³/mol. The van der Waals surface area contributed by atoms with Crippen molar-refractivity contribution in [3.63, 3.8) is 0 Å². The fourth-order valence-electron chi connectivity index (χ4n) is 4.14. The zero-order chi connectivity index (χ0) is 14.2. The van der Waals surface area contributed by atoms with Crippen LogP contribution in [-0.4, -0.2) is 31.2 Å². The first-order valence-corrected chi connectivity index (χ1v) is 8.45. The van der Waals surface area contributed by atoms with Crippen LogP contribution in [-0.2, 0) is 14.2 Å². The van der Waals surface area contributed by atoms with Crippen molar-refractivity contribution in [3.8, 4) is 0 Å². The van der Waals surface area contributed by atoms with Gasteiger partial charge in [-0.05, 0) is 50.4 Å². The average Bonchev–Trinajstić information content (AvgIpc) is 3.14. The second kappa shape index (κ2) is 5.58. The van der Waals surface area contributed by atoms with Crippen LogP contribution in [0.1, 0.15) is 65.7 Å². The number of ether oxygens (including phenoxy) is 3. The summed E-state index contributed by atoms with van der Waals surface area (Å²) in [5.74, 6) is 0.488. The molecule has 0 bridgehead atoms. The minimum absolute atomic E-state index is 0.322. The van der Waals surface area contributed by atoms with Crippen LogP contribution in [0.4, 0.5) is 0 Å². The first-order chi connectivity index (χ1) is 9.52. The van der Waals surface area contributed by atoms with Crippen molar-refractivity contribution < 1.29 is 14.2 Å². The molecule has 2 aliphatic heterocycles. The normalized spacial score (nSPS) is 43.0. The van der Waals surface area contributed by atoms with E-state index in [1.165, 1.54) is 25.7 Å². The molecule has 4 unspecified atom stereocenters. The van der Waals surface area contributed by atoms with Crippen LogP contribution in [0.15, 0.2) is 0 Å². The SMILES string of the molecule is CCOC1(CCC2CCC3OC3C2)CC(C)(C)CCO1. The molecule has 1 saturated carbocycles. The summed E-state index contributed by atoms with van der Waals surface area (Å²) >= 11 is 0. The average molecular weight is 282 g/mol. The minimum atomic E-state index is -0.322. The highest BCUT2D eigenvalue weighted by atomic mass is 16.7. The second-order valence-electron chi connectivity index (χ2n) is 7.71. The molecular weight excluding hydrogens is 252 g/mol. The first kappa shape index (κ1) is 14.8. The van der Waals surface area contributed by atoms with E-state index >= 15 is 0 Å². The molecule has 3 heteroatoms. The van der Waals surface area contributed by atoms with Crippen LogP contribution in [0.2, 0.25) is 0 Å². The van der Waals surface area contributed by atoms with Crippen LogP contribution in [0.3, 0.4) is 0 Å². The van der Waals surface area contributed by atoms with Gasteiger partial charge >= 0.3 is 0 Å². The Morgan fingerprint density at radius 2 is 2.05 bits per heavy atom. The summed E-state index contributed by atoms with van der Waals surface area (Å²) in [5.41, 5.74) is 0.338. The number of epoxide rings is 1. The molecule has 3 nitrogen and oxygen atoms in total. The maximum Gasteiger partial charge on any atom is 0.168 e. The molecule has 116 valence electrons. The smallest absolute Gasteiger partial charge is 0.168 e. The van der Waals surface area contributed by atoms with Gasteiger partial charge < -0.3 is 14.2 Å². The maximum atomic E-state index is 6.12. The highest BCUT2D eigenvalue weighted by molar-refractivity contribution is 4.93. The molecule has 0 amide bonds. The molecule has 3 fully saturated rings. The first-order valence-electron chi connectivity index (χ1n) is 8.45. The molecule has 0 spiro atoms. The Kier molecular flexibility index (Phi) is 4.13. The van der Waals surface area contributed by atoms with E-state index in [1.54, 1.807) is 0 Å². The summed E-state index contributed by atoms with van der Waals surface area (Å²) in [5, 5.41) is 0. The quantitative estimate of drug-likeness (QED) is 0.716. The van der Waals surface area contributed by atoms with Gasteiger partial charge in [-0.2, -0.15) is 0 Å².